The maximum absolute atomic E-state index is 12.8. The molecule has 3 fully saturated rings. The third kappa shape index (κ3) is 6.26. The van der Waals surface area contributed by atoms with E-state index in [2.05, 4.69) is 10.2 Å². The second kappa shape index (κ2) is 11.0. The van der Waals surface area contributed by atoms with Crippen LogP contribution in [-0.2, 0) is 26.0 Å². The van der Waals surface area contributed by atoms with Crippen molar-refractivity contribution in [2.24, 2.45) is 17.8 Å². The molecule has 1 N–H and O–H groups in total. The van der Waals surface area contributed by atoms with Crippen LogP contribution in [0.4, 0.5) is 12.7 Å². The van der Waals surface area contributed by atoms with Gasteiger partial charge in [0.2, 0.25) is 5.91 Å². The van der Waals surface area contributed by atoms with Crippen molar-refractivity contribution in [2.75, 3.05) is 32.8 Å². The van der Waals surface area contributed by atoms with Gasteiger partial charge in [0.15, 0.2) is 0 Å². The number of hydrogen-bond acceptors (Lipinski definition) is 5. The molecule has 2 aliphatic heterocycles. The largest absolute Gasteiger partial charge is 0.381 e. The second-order valence-electron chi connectivity index (χ2n) is 8.72. The first-order valence-electron chi connectivity index (χ1n) is 11.1. The summed E-state index contributed by atoms with van der Waals surface area (Å²) in [7, 11) is 0. The summed E-state index contributed by atoms with van der Waals surface area (Å²) in [5.41, 5.74) is 0.505. The Kier molecular flexibility index (Phi) is 8.63. The van der Waals surface area contributed by atoms with Gasteiger partial charge in [0.05, 0.1) is 6.54 Å². The van der Waals surface area contributed by atoms with Crippen molar-refractivity contribution >= 4 is 23.8 Å². The Balaban J connectivity index is 0.000000195. The van der Waals surface area contributed by atoms with Crippen molar-refractivity contribution in [3.8, 4) is 0 Å². The lowest BCUT2D eigenvalue weighted by Crippen LogP contribution is -2.41. The number of likely N-dealkylation sites (tertiary alicyclic amines) is 1. The first-order valence-corrected chi connectivity index (χ1v) is 11.8. The number of hydrogen-bond donors (Lipinski definition) is 1. The molecule has 178 valence electrons. The van der Waals surface area contributed by atoms with Gasteiger partial charge in [0.1, 0.15) is 17.9 Å². The molecule has 3 aliphatic rings. The number of halogens is 3. The van der Waals surface area contributed by atoms with Crippen molar-refractivity contribution in [3.05, 3.63) is 35.4 Å². The third-order valence-electron chi connectivity index (χ3n) is 6.51. The standard InChI is InChI=1S/C14H22N2O3.C9H9F3S/c1-9(17)6-15-14(18)13-11-7-16(8-12(11)13)10-2-4-19-5-3-10;1-2-7-4-3-5-8(6-7)9(10,11)13-12/h10-13H,2-8H2,1H3,(H,15,18);3-6H,2H2,1H3. The molecule has 4 rings (SSSR count). The fraction of sp³-hybridized carbons (Fsp3) is 0.652. The van der Waals surface area contributed by atoms with Crippen LogP contribution in [0.25, 0.3) is 0 Å². The number of Topliss-reactive ketones (excluding diaryl/α,β-unsaturated/α-hetero) is 1. The van der Waals surface area contributed by atoms with E-state index in [4.69, 9.17) is 4.74 Å². The molecule has 1 aromatic carbocycles. The monoisotopic (exact) mass is 472 g/mol. The van der Waals surface area contributed by atoms with E-state index < -0.39 is 17.4 Å². The number of carbonyl (C=O) groups excluding carboxylic acids is 2. The fourth-order valence-electron chi connectivity index (χ4n) is 4.64. The minimum atomic E-state index is -3.43. The zero-order valence-electron chi connectivity index (χ0n) is 18.5. The van der Waals surface area contributed by atoms with Crippen LogP contribution in [0.2, 0.25) is 0 Å². The van der Waals surface area contributed by atoms with Gasteiger partial charge in [-0.3, -0.25) is 14.5 Å². The maximum atomic E-state index is 12.8. The third-order valence-corrected chi connectivity index (χ3v) is 6.94. The fourth-order valence-corrected chi connectivity index (χ4v) is 4.86. The van der Waals surface area contributed by atoms with Gasteiger partial charge in [0.25, 0.3) is 0 Å². The molecule has 2 atom stereocenters. The number of ketones is 1. The Labute approximate surface area is 191 Å². The highest BCUT2D eigenvalue weighted by Crippen LogP contribution is 2.52. The lowest BCUT2D eigenvalue weighted by molar-refractivity contribution is -0.126. The average Bonchev–Trinajstić information content (AvgIpc) is 3.31. The van der Waals surface area contributed by atoms with Crippen LogP contribution in [-0.4, -0.2) is 55.5 Å². The van der Waals surface area contributed by atoms with Crippen molar-refractivity contribution in [1.29, 1.82) is 0 Å². The van der Waals surface area contributed by atoms with Crippen LogP contribution in [0, 0.1) is 17.8 Å². The smallest absolute Gasteiger partial charge is 0.348 e. The normalized spacial score (nSPS) is 25.5. The summed E-state index contributed by atoms with van der Waals surface area (Å²) in [5, 5.41) is -0.685. The molecule has 0 bridgehead atoms. The molecular weight excluding hydrogens is 441 g/mol. The Morgan fingerprint density at radius 3 is 2.44 bits per heavy atom. The van der Waals surface area contributed by atoms with E-state index >= 15 is 0 Å². The van der Waals surface area contributed by atoms with Crippen LogP contribution in [0.1, 0.15) is 37.8 Å². The Bertz CT molecular complexity index is 792. The van der Waals surface area contributed by atoms with Gasteiger partial charge in [-0.1, -0.05) is 25.1 Å². The predicted octanol–water partition coefficient (Wildman–Crippen LogP) is 3.96. The molecule has 9 heteroatoms. The van der Waals surface area contributed by atoms with E-state index in [0.29, 0.717) is 24.3 Å². The van der Waals surface area contributed by atoms with Gasteiger partial charge in [0, 0.05) is 43.8 Å². The summed E-state index contributed by atoms with van der Waals surface area (Å²) >= 11 is -0.934. The van der Waals surface area contributed by atoms with Gasteiger partial charge in [-0.2, -0.15) is 12.7 Å². The zero-order valence-corrected chi connectivity index (χ0v) is 19.3. The molecule has 0 spiro atoms. The first-order chi connectivity index (χ1) is 15.3. The molecule has 2 saturated heterocycles. The molecule has 2 unspecified atom stereocenters. The quantitative estimate of drug-likeness (QED) is 0.651. The number of fused-ring (bicyclic) bond motifs is 1. The van der Waals surface area contributed by atoms with Gasteiger partial charge < -0.3 is 10.1 Å². The minimum Gasteiger partial charge on any atom is -0.381 e. The zero-order chi connectivity index (χ0) is 23.3. The van der Waals surface area contributed by atoms with Crippen LogP contribution >= 0.6 is 12.1 Å². The number of rotatable bonds is 7. The van der Waals surface area contributed by atoms with Crippen molar-refractivity contribution in [2.45, 2.75) is 44.4 Å². The molecule has 5 nitrogen and oxygen atoms in total. The van der Waals surface area contributed by atoms with Crippen LogP contribution in [0.3, 0.4) is 0 Å². The van der Waals surface area contributed by atoms with E-state index in [1.54, 1.807) is 6.07 Å². The van der Waals surface area contributed by atoms with E-state index in [1.807, 2.05) is 6.92 Å². The summed E-state index contributed by atoms with van der Waals surface area (Å²) in [5.74, 6) is 1.31. The molecule has 32 heavy (non-hydrogen) atoms. The van der Waals surface area contributed by atoms with Gasteiger partial charge in [-0.15, -0.1) is 0 Å². The minimum absolute atomic E-state index is 0.0167. The molecule has 1 amide bonds. The topological polar surface area (TPSA) is 58.6 Å². The molecule has 0 radical (unpaired) electrons. The number of amides is 1. The van der Waals surface area contributed by atoms with E-state index in [9.17, 15) is 22.3 Å². The molecule has 0 aromatic heterocycles. The molecule has 1 aromatic rings. The van der Waals surface area contributed by atoms with Crippen LogP contribution in [0.5, 0.6) is 0 Å². The highest BCUT2D eigenvalue weighted by Gasteiger charge is 2.59. The number of carbonyl (C=O) groups is 2. The van der Waals surface area contributed by atoms with Gasteiger partial charge in [-0.25, -0.2) is 0 Å². The highest BCUT2D eigenvalue weighted by molar-refractivity contribution is 7.94. The number of alkyl halides is 2. The highest BCUT2D eigenvalue weighted by atomic mass is 32.2. The predicted molar refractivity (Wildman–Crippen MR) is 118 cm³/mol. The Morgan fingerprint density at radius 2 is 1.88 bits per heavy atom. The number of aryl methyl sites for hydroxylation is 1. The van der Waals surface area contributed by atoms with Gasteiger partial charge >= 0.3 is 5.25 Å². The number of piperidine rings is 1. The first kappa shape index (κ1) is 25.1. The van der Waals surface area contributed by atoms with Crippen LogP contribution in [0.15, 0.2) is 24.3 Å². The summed E-state index contributed by atoms with van der Waals surface area (Å²) in [6, 6.07) is 6.46. The summed E-state index contributed by atoms with van der Waals surface area (Å²) < 4.78 is 42.8. The van der Waals surface area contributed by atoms with Gasteiger partial charge in [-0.05, 0) is 49.7 Å². The molecule has 1 saturated carbocycles. The number of ether oxygens (including phenoxy) is 1. The Morgan fingerprint density at radius 1 is 1.22 bits per heavy atom. The van der Waals surface area contributed by atoms with Crippen molar-refractivity contribution in [1.82, 2.24) is 10.2 Å². The van der Waals surface area contributed by atoms with E-state index in [0.717, 1.165) is 44.7 Å². The second-order valence-corrected chi connectivity index (χ2v) is 9.39. The summed E-state index contributed by atoms with van der Waals surface area (Å²) in [6.45, 7) is 7.39. The van der Waals surface area contributed by atoms with E-state index in [-0.39, 0.29) is 29.7 Å². The Hall–Kier alpha value is -1.58. The lowest BCUT2D eigenvalue weighted by atomic mass is 10.1. The van der Waals surface area contributed by atoms with Crippen molar-refractivity contribution < 1.29 is 27.0 Å². The number of nitrogens with one attached hydrogen (secondary N) is 1. The van der Waals surface area contributed by atoms with E-state index in [1.165, 1.54) is 25.1 Å². The molecule has 2 heterocycles. The average molecular weight is 473 g/mol. The summed E-state index contributed by atoms with van der Waals surface area (Å²) in [4.78, 5) is 25.3. The number of benzene rings is 1. The SMILES string of the molecule is CC(=O)CNC(=O)C1C2CN(C3CCOCC3)CC21.CCc1cccc(C(F)(F)SF)c1. The number of nitrogens with zero attached hydrogens (tertiary/aromatic N) is 1. The van der Waals surface area contributed by atoms with Crippen molar-refractivity contribution in [3.63, 3.8) is 0 Å². The lowest BCUT2D eigenvalue weighted by Gasteiger charge is -2.32. The summed E-state index contributed by atoms with van der Waals surface area (Å²) in [6.07, 6.45) is 2.92. The molecule has 1 aliphatic carbocycles. The molecular formula is C23H31F3N2O3S. The maximum Gasteiger partial charge on any atom is 0.348 e. The van der Waals surface area contributed by atoms with Crippen LogP contribution < -0.4 is 5.32 Å².